The molecular weight excluding hydrogens is 204 g/mol. The number of halogens is 1. The summed E-state index contributed by atoms with van der Waals surface area (Å²) in [6.07, 6.45) is 3.72. The topological polar surface area (TPSA) is 58.0 Å². The Balaban J connectivity index is 0.000000980. The molecule has 1 aliphatic carbocycles. The number of aliphatic carboxylic acids is 1. The third kappa shape index (κ3) is 1.75. The van der Waals surface area contributed by atoms with Crippen molar-refractivity contribution in [1.82, 2.24) is 9.55 Å². The molecule has 0 fully saturated rings. The van der Waals surface area contributed by atoms with E-state index >= 15 is 0 Å². The average molecular weight is 216 g/mol. The number of hydrogen-bond donors (Lipinski definition) is 0. The van der Waals surface area contributed by atoms with Crippen molar-refractivity contribution in [2.24, 2.45) is 13.0 Å². The number of hydrogen-bond acceptors (Lipinski definition) is 3. The molecule has 0 aliphatic heterocycles. The van der Waals surface area contributed by atoms with E-state index < -0.39 is 5.97 Å². The van der Waals surface area contributed by atoms with Crippen molar-refractivity contribution in [2.45, 2.75) is 19.3 Å². The molecule has 0 spiro atoms. The number of aryl methyl sites for hydroxylation is 2. The van der Waals surface area contributed by atoms with Crippen LogP contribution in [0.5, 0.6) is 0 Å². The van der Waals surface area contributed by atoms with Crippen molar-refractivity contribution in [2.75, 3.05) is 0 Å². The maximum Gasteiger partial charge on any atom is 0.0949 e. The Bertz CT molecular complexity index is 349. The third-order valence-electron chi connectivity index (χ3n) is 2.65. The molecule has 2 rings (SSSR count). The van der Waals surface area contributed by atoms with Gasteiger partial charge < -0.3 is 14.5 Å². The lowest BCUT2D eigenvalue weighted by Gasteiger charge is -2.22. The van der Waals surface area contributed by atoms with Crippen LogP contribution in [0.4, 0.5) is 0 Å². The molecule has 1 aromatic heterocycles. The highest BCUT2D eigenvalue weighted by molar-refractivity contribution is 5.85. The van der Waals surface area contributed by atoms with Gasteiger partial charge in [0.15, 0.2) is 0 Å². The molecule has 0 saturated heterocycles. The molecule has 5 heteroatoms. The number of carboxylic acid groups (broad SMARTS) is 1. The lowest BCUT2D eigenvalue weighted by Crippen LogP contribution is -2.35. The SMILES string of the molecule is Cl.Cn1cnc2c1CC(C(=O)[O-])CC2. The molecule has 1 atom stereocenters. The summed E-state index contributed by atoms with van der Waals surface area (Å²) in [5.41, 5.74) is 2.08. The van der Waals surface area contributed by atoms with E-state index in [2.05, 4.69) is 4.98 Å². The number of imidazole rings is 1. The first-order valence-corrected chi connectivity index (χ1v) is 4.38. The van der Waals surface area contributed by atoms with Crippen LogP contribution in [0.2, 0.25) is 0 Å². The molecular formula is C9H12ClN2O2-. The normalized spacial score (nSPS) is 19.6. The Kier molecular flexibility index (Phi) is 3.16. The van der Waals surface area contributed by atoms with E-state index in [1.807, 2.05) is 11.6 Å². The summed E-state index contributed by atoms with van der Waals surface area (Å²) < 4.78 is 1.89. The first-order chi connectivity index (χ1) is 6.18. The second-order valence-corrected chi connectivity index (χ2v) is 3.51. The fourth-order valence-electron chi connectivity index (χ4n) is 1.82. The quantitative estimate of drug-likeness (QED) is 0.646. The summed E-state index contributed by atoms with van der Waals surface area (Å²) in [7, 11) is 1.89. The molecule has 0 N–H and O–H groups in total. The highest BCUT2D eigenvalue weighted by Crippen LogP contribution is 2.23. The first kappa shape index (κ1) is 11.0. The molecule has 78 valence electrons. The van der Waals surface area contributed by atoms with Crippen LogP contribution in [0.15, 0.2) is 6.33 Å². The summed E-state index contributed by atoms with van der Waals surface area (Å²) >= 11 is 0. The van der Waals surface area contributed by atoms with E-state index in [0.717, 1.165) is 17.8 Å². The van der Waals surface area contributed by atoms with E-state index in [9.17, 15) is 9.90 Å². The molecule has 1 aromatic rings. The van der Waals surface area contributed by atoms with Gasteiger partial charge in [-0.25, -0.2) is 4.98 Å². The van der Waals surface area contributed by atoms with Crippen LogP contribution in [0, 0.1) is 5.92 Å². The maximum absolute atomic E-state index is 10.7. The van der Waals surface area contributed by atoms with E-state index in [-0.39, 0.29) is 18.3 Å². The number of fused-ring (bicyclic) bond motifs is 1. The zero-order valence-corrected chi connectivity index (χ0v) is 8.71. The van der Waals surface area contributed by atoms with Gasteiger partial charge in [-0.2, -0.15) is 0 Å². The van der Waals surface area contributed by atoms with Crippen molar-refractivity contribution in [1.29, 1.82) is 0 Å². The van der Waals surface area contributed by atoms with Gasteiger partial charge in [0.25, 0.3) is 0 Å². The second-order valence-electron chi connectivity index (χ2n) is 3.51. The number of aromatic nitrogens is 2. The summed E-state index contributed by atoms with van der Waals surface area (Å²) in [5.74, 6) is -1.27. The van der Waals surface area contributed by atoms with Crippen LogP contribution in [0.3, 0.4) is 0 Å². The average Bonchev–Trinajstić information content (AvgIpc) is 2.47. The Morgan fingerprint density at radius 2 is 2.43 bits per heavy atom. The van der Waals surface area contributed by atoms with Crippen LogP contribution in [0.25, 0.3) is 0 Å². The van der Waals surface area contributed by atoms with Gasteiger partial charge in [0.1, 0.15) is 0 Å². The van der Waals surface area contributed by atoms with E-state index in [1.165, 1.54) is 0 Å². The predicted octanol–water partition coefficient (Wildman–Crippen LogP) is -0.303. The minimum Gasteiger partial charge on any atom is -0.550 e. The smallest absolute Gasteiger partial charge is 0.0949 e. The van der Waals surface area contributed by atoms with Crippen LogP contribution in [0.1, 0.15) is 17.8 Å². The van der Waals surface area contributed by atoms with Crippen molar-refractivity contribution in [3.8, 4) is 0 Å². The Morgan fingerprint density at radius 3 is 3.07 bits per heavy atom. The van der Waals surface area contributed by atoms with Crippen molar-refractivity contribution < 1.29 is 9.90 Å². The first-order valence-electron chi connectivity index (χ1n) is 4.38. The van der Waals surface area contributed by atoms with Gasteiger partial charge in [-0.05, 0) is 19.3 Å². The van der Waals surface area contributed by atoms with Gasteiger partial charge in [-0.1, -0.05) is 0 Å². The molecule has 0 saturated carbocycles. The molecule has 0 amide bonds. The lowest BCUT2D eigenvalue weighted by atomic mass is 9.90. The van der Waals surface area contributed by atoms with E-state index in [0.29, 0.717) is 12.8 Å². The van der Waals surface area contributed by atoms with Crippen molar-refractivity contribution in [3.05, 3.63) is 17.7 Å². The van der Waals surface area contributed by atoms with Crippen LogP contribution in [-0.4, -0.2) is 15.5 Å². The van der Waals surface area contributed by atoms with Crippen molar-refractivity contribution >= 4 is 18.4 Å². The van der Waals surface area contributed by atoms with Gasteiger partial charge in [-0.15, -0.1) is 12.4 Å². The van der Waals surface area contributed by atoms with E-state index in [1.54, 1.807) is 6.33 Å². The van der Waals surface area contributed by atoms with Gasteiger partial charge >= 0.3 is 0 Å². The van der Waals surface area contributed by atoms with Gasteiger partial charge in [-0.3, -0.25) is 0 Å². The number of carbonyl (C=O) groups is 1. The molecule has 1 heterocycles. The number of carbonyl (C=O) groups excluding carboxylic acids is 1. The van der Waals surface area contributed by atoms with Gasteiger partial charge in [0.2, 0.25) is 0 Å². The molecule has 4 nitrogen and oxygen atoms in total. The lowest BCUT2D eigenvalue weighted by molar-refractivity contribution is -0.312. The molecule has 1 unspecified atom stereocenters. The predicted molar refractivity (Wildman–Crippen MR) is 51.0 cm³/mol. The Labute approximate surface area is 88.4 Å². The zero-order valence-electron chi connectivity index (χ0n) is 7.90. The summed E-state index contributed by atoms with van der Waals surface area (Å²) in [6, 6.07) is 0. The Hall–Kier alpha value is -1.03. The van der Waals surface area contributed by atoms with Crippen LogP contribution in [-0.2, 0) is 24.7 Å². The van der Waals surface area contributed by atoms with Crippen LogP contribution >= 0.6 is 12.4 Å². The minimum atomic E-state index is -0.938. The monoisotopic (exact) mass is 215 g/mol. The fraction of sp³-hybridized carbons (Fsp3) is 0.556. The fourth-order valence-corrected chi connectivity index (χ4v) is 1.82. The molecule has 14 heavy (non-hydrogen) atoms. The second kappa shape index (κ2) is 4.00. The zero-order chi connectivity index (χ0) is 9.42. The molecule has 0 bridgehead atoms. The highest BCUT2D eigenvalue weighted by Gasteiger charge is 2.22. The summed E-state index contributed by atoms with van der Waals surface area (Å²) in [5, 5.41) is 10.7. The molecule has 1 aliphatic rings. The minimum absolute atomic E-state index is 0. The standard InChI is InChI=1S/C9H12N2O2.ClH/c1-11-5-10-7-3-2-6(9(12)13)4-8(7)11;/h5-6H,2-4H2,1H3,(H,12,13);1H/p-1. The molecule has 0 aromatic carbocycles. The largest absolute Gasteiger partial charge is 0.550 e. The maximum atomic E-state index is 10.7. The Morgan fingerprint density at radius 1 is 1.71 bits per heavy atom. The molecule has 0 radical (unpaired) electrons. The number of rotatable bonds is 1. The van der Waals surface area contributed by atoms with Gasteiger partial charge in [0.05, 0.1) is 12.0 Å². The van der Waals surface area contributed by atoms with Gasteiger partial charge in [0, 0.05) is 24.6 Å². The summed E-state index contributed by atoms with van der Waals surface area (Å²) in [4.78, 5) is 14.9. The third-order valence-corrected chi connectivity index (χ3v) is 2.65. The van der Waals surface area contributed by atoms with E-state index in [4.69, 9.17) is 0 Å². The summed E-state index contributed by atoms with van der Waals surface area (Å²) in [6.45, 7) is 0. The van der Waals surface area contributed by atoms with Crippen molar-refractivity contribution in [3.63, 3.8) is 0 Å². The number of carboxylic acids is 1. The highest BCUT2D eigenvalue weighted by atomic mass is 35.5. The number of nitrogens with zero attached hydrogens (tertiary/aromatic N) is 2. The van der Waals surface area contributed by atoms with Crippen LogP contribution < -0.4 is 5.11 Å².